The van der Waals surface area contributed by atoms with Gasteiger partial charge in [-0.2, -0.15) is 13.2 Å². The summed E-state index contributed by atoms with van der Waals surface area (Å²) in [6.07, 6.45) is -3.03. The molecular weight excluding hydrogens is 411 g/mol. The normalized spacial score (nSPS) is 11.7. The van der Waals surface area contributed by atoms with Gasteiger partial charge in [0.05, 0.1) is 38.2 Å². The molecule has 0 amide bonds. The number of rotatable bonds is 5. The van der Waals surface area contributed by atoms with E-state index in [0.29, 0.717) is 34.7 Å². The summed E-state index contributed by atoms with van der Waals surface area (Å²) in [5, 5.41) is 8.14. The highest BCUT2D eigenvalue weighted by molar-refractivity contribution is 5.76. The van der Waals surface area contributed by atoms with Gasteiger partial charge in [-0.05, 0) is 42.3 Å². The number of ether oxygens (including phenoxy) is 2. The van der Waals surface area contributed by atoms with Crippen LogP contribution in [0.15, 0.2) is 42.6 Å². The van der Waals surface area contributed by atoms with E-state index in [4.69, 9.17) is 9.47 Å². The van der Waals surface area contributed by atoms with Crippen molar-refractivity contribution >= 4 is 11.3 Å². The molecule has 31 heavy (non-hydrogen) atoms. The van der Waals surface area contributed by atoms with Crippen molar-refractivity contribution in [3.63, 3.8) is 0 Å². The highest BCUT2D eigenvalue weighted by atomic mass is 19.4. The zero-order valence-corrected chi connectivity index (χ0v) is 16.9. The Labute approximate surface area is 175 Å². The Morgan fingerprint density at radius 2 is 1.77 bits per heavy atom. The van der Waals surface area contributed by atoms with Crippen molar-refractivity contribution in [1.82, 2.24) is 25.0 Å². The third-order valence-corrected chi connectivity index (χ3v) is 4.82. The zero-order valence-electron chi connectivity index (χ0n) is 16.9. The molecule has 0 radical (unpaired) electrons. The Balaban J connectivity index is 1.76. The number of hydrogen-bond donors (Lipinski definition) is 0. The predicted molar refractivity (Wildman–Crippen MR) is 107 cm³/mol. The highest BCUT2D eigenvalue weighted by Crippen LogP contribution is 2.39. The van der Waals surface area contributed by atoms with Crippen LogP contribution >= 0.6 is 0 Å². The molecule has 4 rings (SSSR count). The van der Waals surface area contributed by atoms with Gasteiger partial charge < -0.3 is 9.47 Å². The first-order chi connectivity index (χ1) is 14.8. The van der Waals surface area contributed by atoms with E-state index < -0.39 is 11.7 Å². The lowest BCUT2D eigenvalue weighted by Gasteiger charge is -2.15. The number of alkyl halides is 3. The van der Waals surface area contributed by atoms with Gasteiger partial charge in [0.1, 0.15) is 11.5 Å². The monoisotopic (exact) mass is 429 g/mol. The van der Waals surface area contributed by atoms with Crippen LogP contribution in [0.2, 0.25) is 0 Å². The SMILES string of the molecule is COc1ccc(Cn2nnc3ncc(-c4c(C)cc(C(F)(F)F)cc4OC)nc32)cc1. The van der Waals surface area contributed by atoms with E-state index in [1.165, 1.54) is 13.3 Å². The number of aryl methyl sites for hydroxylation is 1. The number of aromatic nitrogens is 5. The topological polar surface area (TPSA) is 75.0 Å². The first-order valence-electron chi connectivity index (χ1n) is 9.25. The maximum Gasteiger partial charge on any atom is 0.416 e. The second-order valence-corrected chi connectivity index (χ2v) is 6.87. The van der Waals surface area contributed by atoms with E-state index in [1.54, 1.807) is 18.7 Å². The van der Waals surface area contributed by atoms with Crippen LogP contribution in [0.5, 0.6) is 11.5 Å². The molecular formula is C21H18F3N5O2. The highest BCUT2D eigenvalue weighted by Gasteiger charge is 2.32. The van der Waals surface area contributed by atoms with Crippen LogP contribution in [-0.4, -0.2) is 39.2 Å². The molecule has 0 aliphatic heterocycles. The average molecular weight is 429 g/mol. The smallest absolute Gasteiger partial charge is 0.416 e. The molecule has 0 aliphatic carbocycles. The van der Waals surface area contributed by atoms with Crippen LogP contribution in [0.25, 0.3) is 22.6 Å². The number of benzene rings is 2. The minimum Gasteiger partial charge on any atom is -0.497 e. The zero-order chi connectivity index (χ0) is 22.2. The fourth-order valence-electron chi connectivity index (χ4n) is 3.29. The van der Waals surface area contributed by atoms with Gasteiger partial charge >= 0.3 is 6.18 Å². The Hall–Kier alpha value is -3.69. The molecule has 0 aliphatic rings. The molecule has 2 aromatic heterocycles. The molecule has 0 bridgehead atoms. The molecule has 0 fully saturated rings. The standard InChI is InChI=1S/C21H18F3N5O2/c1-12-8-14(21(22,23)24)9-17(31-3)18(12)16-10-25-19-20(26-16)29(28-27-19)11-13-4-6-15(30-2)7-5-13/h4-10H,11H2,1-3H3. The average Bonchev–Trinajstić information content (AvgIpc) is 3.15. The van der Waals surface area contributed by atoms with Gasteiger partial charge in [0.15, 0.2) is 5.65 Å². The molecule has 0 saturated carbocycles. The second-order valence-electron chi connectivity index (χ2n) is 6.87. The van der Waals surface area contributed by atoms with Crippen molar-refractivity contribution < 1.29 is 22.6 Å². The molecule has 0 N–H and O–H groups in total. The van der Waals surface area contributed by atoms with Crippen LogP contribution in [0.1, 0.15) is 16.7 Å². The summed E-state index contributed by atoms with van der Waals surface area (Å²) in [6, 6.07) is 9.49. The molecule has 2 aromatic carbocycles. The Morgan fingerprint density at radius 1 is 1.03 bits per heavy atom. The number of nitrogens with zero attached hydrogens (tertiary/aromatic N) is 5. The maximum atomic E-state index is 13.2. The summed E-state index contributed by atoms with van der Waals surface area (Å²) in [7, 11) is 2.91. The maximum absolute atomic E-state index is 13.2. The summed E-state index contributed by atoms with van der Waals surface area (Å²) < 4.78 is 51.5. The lowest BCUT2D eigenvalue weighted by molar-refractivity contribution is -0.137. The summed E-state index contributed by atoms with van der Waals surface area (Å²) in [6.45, 7) is 1.97. The molecule has 0 spiro atoms. The largest absolute Gasteiger partial charge is 0.497 e. The predicted octanol–water partition coefficient (Wildman–Crippen LogP) is 4.28. The second kappa shape index (κ2) is 7.86. The minimum absolute atomic E-state index is 0.0650. The number of hydrogen-bond acceptors (Lipinski definition) is 6. The number of halogens is 3. The van der Waals surface area contributed by atoms with E-state index in [0.717, 1.165) is 23.4 Å². The number of methoxy groups -OCH3 is 2. The molecule has 7 nitrogen and oxygen atoms in total. The fraction of sp³-hybridized carbons (Fsp3) is 0.238. The molecule has 10 heteroatoms. The summed E-state index contributed by atoms with van der Waals surface area (Å²) in [5.74, 6) is 0.800. The molecule has 0 unspecified atom stereocenters. The van der Waals surface area contributed by atoms with Gasteiger partial charge in [-0.1, -0.05) is 17.3 Å². The number of fused-ring (bicyclic) bond motifs is 1. The Kier molecular flexibility index (Phi) is 5.22. The van der Waals surface area contributed by atoms with E-state index in [1.807, 2.05) is 24.3 Å². The van der Waals surface area contributed by atoms with Gasteiger partial charge in [0.25, 0.3) is 0 Å². The van der Waals surface area contributed by atoms with Gasteiger partial charge in [0.2, 0.25) is 5.65 Å². The van der Waals surface area contributed by atoms with E-state index in [9.17, 15) is 13.2 Å². The van der Waals surface area contributed by atoms with Crippen LogP contribution < -0.4 is 9.47 Å². The summed E-state index contributed by atoms with van der Waals surface area (Å²) >= 11 is 0. The molecule has 0 saturated heterocycles. The van der Waals surface area contributed by atoms with Gasteiger partial charge in [0, 0.05) is 5.56 Å². The van der Waals surface area contributed by atoms with Crippen molar-refractivity contribution in [2.24, 2.45) is 0 Å². The van der Waals surface area contributed by atoms with E-state index in [-0.39, 0.29) is 5.75 Å². The van der Waals surface area contributed by atoms with E-state index >= 15 is 0 Å². The third-order valence-electron chi connectivity index (χ3n) is 4.82. The minimum atomic E-state index is -4.48. The molecule has 2 heterocycles. The van der Waals surface area contributed by atoms with Gasteiger partial charge in [-0.25, -0.2) is 14.6 Å². The Bertz CT molecular complexity index is 1240. The molecule has 160 valence electrons. The first-order valence-corrected chi connectivity index (χ1v) is 9.25. The quantitative estimate of drug-likeness (QED) is 0.471. The van der Waals surface area contributed by atoms with Gasteiger partial charge in [-0.15, -0.1) is 5.10 Å². The van der Waals surface area contributed by atoms with Crippen molar-refractivity contribution in [1.29, 1.82) is 0 Å². The van der Waals surface area contributed by atoms with Crippen LogP contribution in [0, 0.1) is 6.92 Å². The molecule has 4 aromatic rings. The van der Waals surface area contributed by atoms with Crippen molar-refractivity contribution in [3.05, 3.63) is 59.3 Å². The summed E-state index contributed by atoms with van der Waals surface area (Å²) in [4.78, 5) is 8.87. The van der Waals surface area contributed by atoms with Gasteiger partial charge in [-0.3, -0.25) is 0 Å². The third kappa shape index (κ3) is 4.00. The molecule has 0 atom stereocenters. The van der Waals surface area contributed by atoms with Crippen LogP contribution in [-0.2, 0) is 12.7 Å². The fourth-order valence-corrected chi connectivity index (χ4v) is 3.29. The van der Waals surface area contributed by atoms with Crippen LogP contribution in [0.4, 0.5) is 13.2 Å². The van der Waals surface area contributed by atoms with Crippen molar-refractivity contribution in [2.45, 2.75) is 19.6 Å². The van der Waals surface area contributed by atoms with Crippen LogP contribution in [0.3, 0.4) is 0 Å². The lowest BCUT2D eigenvalue weighted by Crippen LogP contribution is -2.07. The van der Waals surface area contributed by atoms with E-state index in [2.05, 4.69) is 20.3 Å². The lowest BCUT2D eigenvalue weighted by atomic mass is 10.0. The summed E-state index contributed by atoms with van der Waals surface area (Å²) in [5.41, 5.74) is 2.08. The Morgan fingerprint density at radius 3 is 2.42 bits per heavy atom. The van der Waals surface area contributed by atoms with Crippen molar-refractivity contribution in [3.8, 4) is 22.8 Å². The first kappa shape index (κ1) is 20.6. The van der Waals surface area contributed by atoms with Crippen molar-refractivity contribution in [2.75, 3.05) is 14.2 Å².